The molecule has 1 saturated carbocycles. The summed E-state index contributed by atoms with van der Waals surface area (Å²) in [6.45, 7) is -0.391. The second-order valence-electron chi connectivity index (χ2n) is 5.10. The number of benzene rings is 2. The van der Waals surface area contributed by atoms with Gasteiger partial charge in [-0.15, -0.1) is 0 Å². The number of carboxylic acids is 1. The van der Waals surface area contributed by atoms with Gasteiger partial charge in [-0.1, -0.05) is 24.3 Å². The van der Waals surface area contributed by atoms with E-state index in [4.69, 9.17) is 9.84 Å². The van der Waals surface area contributed by atoms with Crippen LogP contribution in [0.25, 0.3) is 10.8 Å². The van der Waals surface area contributed by atoms with Gasteiger partial charge in [0.1, 0.15) is 5.75 Å². The molecule has 1 fully saturated rings. The van der Waals surface area contributed by atoms with E-state index in [1.807, 2.05) is 24.3 Å². The van der Waals surface area contributed by atoms with Crippen LogP contribution in [0.4, 0.5) is 5.69 Å². The van der Waals surface area contributed by atoms with Gasteiger partial charge in [-0.25, -0.2) is 4.79 Å². The van der Waals surface area contributed by atoms with E-state index in [2.05, 4.69) is 5.32 Å². The second-order valence-corrected chi connectivity index (χ2v) is 5.10. The summed E-state index contributed by atoms with van der Waals surface area (Å²) in [5.74, 6) is -0.353. The largest absolute Gasteiger partial charge is 0.481 e. The zero-order valence-electron chi connectivity index (χ0n) is 11.3. The van der Waals surface area contributed by atoms with Gasteiger partial charge in [0.2, 0.25) is 5.91 Å². The zero-order chi connectivity index (χ0) is 14.8. The van der Waals surface area contributed by atoms with E-state index in [0.29, 0.717) is 5.75 Å². The highest BCUT2D eigenvalue weighted by Crippen LogP contribution is 2.34. The summed E-state index contributed by atoms with van der Waals surface area (Å²) >= 11 is 0. The molecule has 0 atom stereocenters. The lowest BCUT2D eigenvalue weighted by atomic mass is 10.1. The average molecular weight is 285 g/mol. The van der Waals surface area contributed by atoms with Gasteiger partial charge in [-0.3, -0.25) is 4.79 Å². The van der Waals surface area contributed by atoms with Crippen LogP contribution < -0.4 is 10.1 Å². The molecule has 21 heavy (non-hydrogen) atoms. The molecule has 5 heteroatoms. The van der Waals surface area contributed by atoms with Gasteiger partial charge in [0.25, 0.3) is 0 Å². The molecule has 0 saturated heterocycles. The first-order valence-electron chi connectivity index (χ1n) is 6.82. The summed E-state index contributed by atoms with van der Waals surface area (Å²) in [6, 6.07) is 10.9. The van der Waals surface area contributed by atoms with E-state index in [-0.39, 0.29) is 11.8 Å². The molecule has 3 rings (SSSR count). The Kier molecular flexibility index (Phi) is 3.48. The lowest BCUT2D eigenvalue weighted by Gasteiger charge is -2.12. The fourth-order valence-corrected chi connectivity index (χ4v) is 2.23. The monoisotopic (exact) mass is 285 g/mol. The number of anilines is 1. The normalized spacial score (nSPS) is 13.9. The molecule has 0 heterocycles. The van der Waals surface area contributed by atoms with Crippen molar-refractivity contribution < 1.29 is 19.4 Å². The summed E-state index contributed by atoms with van der Waals surface area (Å²) in [5, 5.41) is 13.3. The van der Waals surface area contributed by atoms with Crippen LogP contribution in [0.15, 0.2) is 36.4 Å². The van der Waals surface area contributed by atoms with E-state index >= 15 is 0 Å². The first-order chi connectivity index (χ1) is 10.1. The number of amides is 1. The number of hydrogen-bond acceptors (Lipinski definition) is 3. The molecule has 2 aromatic carbocycles. The molecular weight excluding hydrogens is 270 g/mol. The number of carboxylic acid groups (broad SMARTS) is 1. The number of carbonyl (C=O) groups is 2. The van der Waals surface area contributed by atoms with E-state index < -0.39 is 12.6 Å². The van der Waals surface area contributed by atoms with Gasteiger partial charge in [0.15, 0.2) is 6.61 Å². The quantitative estimate of drug-likeness (QED) is 0.885. The maximum atomic E-state index is 11.9. The summed E-state index contributed by atoms with van der Waals surface area (Å²) in [4.78, 5) is 22.5. The van der Waals surface area contributed by atoms with Crippen molar-refractivity contribution >= 4 is 28.3 Å². The summed E-state index contributed by atoms with van der Waals surface area (Å²) in [6.07, 6.45) is 1.90. The Hall–Kier alpha value is -2.56. The SMILES string of the molecule is O=C(O)COc1ccc(NC(=O)C2CC2)c2ccccc12. The topological polar surface area (TPSA) is 75.6 Å². The highest BCUT2D eigenvalue weighted by atomic mass is 16.5. The van der Waals surface area contributed by atoms with Gasteiger partial charge in [0.05, 0.1) is 0 Å². The van der Waals surface area contributed by atoms with Crippen LogP contribution in [0.5, 0.6) is 5.75 Å². The highest BCUT2D eigenvalue weighted by molar-refractivity contribution is 6.05. The van der Waals surface area contributed by atoms with Crippen molar-refractivity contribution in [2.45, 2.75) is 12.8 Å². The molecule has 108 valence electrons. The summed E-state index contributed by atoms with van der Waals surface area (Å²) < 4.78 is 5.29. The summed E-state index contributed by atoms with van der Waals surface area (Å²) in [7, 11) is 0. The van der Waals surface area contributed by atoms with E-state index in [1.165, 1.54) is 0 Å². The number of carbonyl (C=O) groups excluding carboxylic acids is 1. The number of fused-ring (bicyclic) bond motifs is 1. The maximum Gasteiger partial charge on any atom is 0.341 e. The molecule has 0 unspecified atom stereocenters. The smallest absolute Gasteiger partial charge is 0.341 e. The first-order valence-corrected chi connectivity index (χ1v) is 6.82. The number of rotatable bonds is 5. The number of ether oxygens (including phenoxy) is 1. The molecule has 1 aliphatic carbocycles. The van der Waals surface area contributed by atoms with Crippen molar-refractivity contribution in [3.63, 3.8) is 0 Å². The number of nitrogens with one attached hydrogen (secondary N) is 1. The second kappa shape index (κ2) is 5.44. The minimum absolute atomic E-state index is 0.0411. The molecule has 5 nitrogen and oxygen atoms in total. The maximum absolute atomic E-state index is 11.9. The molecular formula is C16H15NO4. The minimum atomic E-state index is -1.02. The van der Waals surface area contributed by atoms with Crippen LogP contribution in [-0.4, -0.2) is 23.6 Å². The zero-order valence-corrected chi connectivity index (χ0v) is 11.3. The van der Waals surface area contributed by atoms with Crippen LogP contribution in [0.1, 0.15) is 12.8 Å². The van der Waals surface area contributed by atoms with Crippen LogP contribution in [0.3, 0.4) is 0 Å². The first kappa shape index (κ1) is 13.4. The molecule has 1 amide bonds. The highest BCUT2D eigenvalue weighted by Gasteiger charge is 2.29. The Morgan fingerprint density at radius 3 is 2.52 bits per heavy atom. The molecule has 1 aliphatic rings. The van der Waals surface area contributed by atoms with Gasteiger partial charge < -0.3 is 15.2 Å². The van der Waals surface area contributed by atoms with Crippen LogP contribution in [0, 0.1) is 5.92 Å². The third-order valence-corrected chi connectivity index (χ3v) is 3.44. The predicted octanol–water partition coefficient (Wildman–Crippen LogP) is 2.65. The number of aliphatic carboxylic acids is 1. The Morgan fingerprint density at radius 1 is 1.14 bits per heavy atom. The fraction of sp³-hybridized carbons (Fsp3) is 0.250. The Labute approximate surface area is 121 Å². The van der Waals surface area contributed by atoms with E-state index in [0.717, 1.165) is 29.3 Å². The van der Waals surface area contributed by atoms with Gasteiger partial charge in [-0.2, -0.15) is 0 Å². The van der Waals surface area contributed by atoms with Crippen molar-refractivity contribution in [1.82, 2.24) is 0 Å². The van der Waals surface area contributed by atoms with E-state index in [1.54, 1.807) is 12.1 Å². The molecule has 0 spiro atoms. The number of hydrogen-bond donors (Lipinski definition) is 2. The molecule has 0 aromatic heterocycles. The lowest BCUT2D eigenvalue weighted by Crippen LogP contribution is -2.14. The van der Waals surface area contributed by atoms with Crippen molar-refractivity contribution in [1.29, 1.82) is 0 Å². The van der Waals surface area contributed by atoms with Crippen LogP contribution >= 0.6 is 0 Å². The Morgan fingerprint density at radius 2 is 1.86 bits per heavy atom. The van der Waals surface area contributed by atoms with Crippen molar-refractivity contribution in [2.24, 2.45) is 5.92 Å². The van der Waals surface area contributed by atoms with Gasteiger partial charge in [0, 0.05) is 22.4 Å². The minimum Gasteiger partial charge on any atom is -0.481 e. The van der Waals surface area contributed by atoms with Gasteiger partial charge >= 0.3 is 5.97 Å². The average Bonchev–Trinajstić information content (AvgIpc) is 3.31. The standard InChI is InChI=1S/C16H15NO4/c18-15(19)9-21-14-8-7-13(17-16(20)10-5-6-10)11-3-1-2-4-12(11)14/h1-4,7-8,10H,5-6,9H2,(H,17,20)(H,18,19). The molecule has 0 aliphatic heterocycles. The Balaban J connectivity index is 1.93. The molecule has 0 radical (unpaired) electrons. The van der Waals surface area contributed by atoms with Crippen LogP contribution in [-0.2, 0) is 9.59 Å². The summed E-state index contributed by atoms with van der Waals surface area (Å²) in [5.41, 5.74) is 0.727. The third-order valence-electron chi connectivity index (χ3n) is 3.44. The molecule has 2 aromatic rings. The van der Waals surface area contributed by atoms with Gasteiger partial charge in [-0.05, 0) is 25.0 Å². The van der Waals surface area contributed by atoms with E-state index in [9.17, 15) is 9.59 Å². The third kappa shape index (κ3) is 2.97. The van der Waals surface area contributed by atoms with Crippen molar-refractivity contribution in [3.05, 3.63) is 36.4 Å². The lowest BCUT2D eigenvalue weighted by molar-refractivity contribution is -0.139. The van der Waals surface area contributed by atoms with Crippen LogP contribution in [0.2, 0.25) is 0 Å². The fourth-order valence-electron chi connectivity index (χ4n) is 2.23. The van der Waals surface area contributed by atoms with Crippen molar-refractivity contribution in [3.8, 4) is 5.75 Å². The van der Waals surface area contributed by atoms with Crippen molar-refractivity contribution in [2.75, 3.05) is 11.9 Å². The molecule has 0 bridgehead atoms. The molecule has 2 N–H and O–H groups in total. The predicted molar refractivity (Wildman–Crippen MR) is 78.4 cm³/mol. The Bertz CT molecular complexity index is 706.